The van der Waals surface area contributed by atoms with Gasteiger partial charge >= 0.3 is 0 Å². The molecule has 108 valence electrons. The van der Waals surface area contributed by atoms with Gasteiger partial charge in [0.2, 0.25) is 5.91 Å². The molecule has 2 fully saturated rings. The van der Waals surface area contributed by atoms with Crippen LogP contribution in [0.2, 0.25) is 0 Å². The van der Waals surface area contributed by atoms with E-state index in [2.05, 4.69) is 29.3 Å². The largest absolute Gasteiger partial charge is 0.381 e. The van der Waals surface area contributed by atoms with E-state index in [9.17, 15) is 4.79 Å². The molecular formula is C16H22N2O2. The van der Waals surface area contributed by atoms with Crippen molar-refractivity contribution < 1.29 is 9.53 Å². The average Bonchev–Trinajstić information content (AvgIpc) is 2.76. The third-order valence-corrected chi connectivity index (χ3v) is 4.38. The Morgan fingerprint density at radius 2 is 1.95 bits per heavy atom. The fraction of sp³-hybridized carbons (Fsp3) is 0.562. The van der Waals surface area contributed by atoms with E-state index in [0.29, 0.717) is 6.04 Å². The number of benzene rings is 1. The van der Waals surface area contributed by atoms with Crippen molar-refractivity contribution in [2.75, 3.05) is 13.2 Å². The van der Waals surface area contributed by atoms with Gasteiger partial charge in [0.05, 0.1) is 6.04 Å². The third-order valence-electron chi connectivity index (χ3n) is 4.38. The Morgan fingerprint density at radius 3 is 2.65 bits per heavy atom. The van der Waals surface area contributed by atoms with E-state index < -0.39 is 0 Å². The van der Waals surface area contributed by atoms with E-state index in [1.807, 2.05) is 19.1 Å². The van der Waals surface area contributed by atoms with Crippen molar-refractivity contribution in [2.45, 2.75) is 44.9 Å². The molecule has 2 saturated heterocycles. The first-order chi connectivity index (χ1) is 9.68. The van der Waals surface area contributed by atoms with Crippen molar-refractivity contribution in [2.24, 2.45) is 0 Å². The van der Waals surface area contributed by atoms with Crippen molar-refractivity contribution in [3.8, 4) is 0 Å². The van der Waals surface area contributed by atoms with E-state index in [0.717, 1.165) is 26.1 Å². The predicted molar refractivity (Wildman–Crippen MR) is 77.2 cm³/mol. The Morgan fingerprint density at radius 1 is 1.25 bits per heavy atom. The Labute approximate surface area is 120 Å². The maximum atomic E-state index is 12.5. The van der Waals surface area contributed by atoms with Crippen LogP contribution in [0.15, 0.2) is 24.3 Å². The van der Waals surface area contributed by atoms with Crippen molar-refractivity contribution in [3.63, 3.8) is 0 Å². The molecule has 2 heterocycles. The summed E-state index contributed by atoms with van der Waals surface area (Å²) >= 11 is 0. The summed E-state index contributed by atoms with van der Waals surface area (Å²) in [6.07, 6.45) is 1.87. The molecule has 3 rings (SSSR count). The highest BCUT2D eigenvalue weighted by atomic mass is 16.5. The number of hydrogen-bond donors (Lipinski definition) is 1. The van der Waals surface area contributed by atoms with E-state index in [4.69, 9.17) is 4.74 Å². The quantitative estimate of drug-likeness (QED) is 0.897. The zero-order valence-electron chi connectivity index (χ0n) is 12.1. The second-order valence-electron chi connectivity index (χ2n) is 5.74. The van der Waals surface area contributed by atoms with E-state index in [1.165, 1.54) is 11.1 Å². The lowest BCUT2D eigenvalue weighted by Crippen LogP contribution is -2.43. The molecule has 0 aromatic heterocycles. The Hall–Kier alpha value is -1.39. The normalized spacial score (nSPS) is 28.1. The van der Waals surface area contributed by atoms with Gasteiger partial charge in [0.25, 0.3) is 0 Å². The summed E-state index contributed by atoms with van der Waals surface area (Å²) in [6, 6.07) is 8.48. The number of carbonyl (C=O) groups is 1. The highest BCUT2D eigenvalue weighted by Gasteiger charge is 2.41. The zero-order chi connectivity index (χ0) is 14.1. The van der Waals surface area contributed by atoms with Crippen LogP contribution in [-0.4, -0.2) is 36.1 Å². The second-order valence-corrected chi connectivity index (χ2v) is 5.74. The number of hydrogen-bond acceptors (Lipinski definition) is 3. The number of amides is 1. The van der Waals surface area contributed by atoms with Crippen LogP contribution in [0.1, 0.15) is 37.1 Å². The van der Waals surface area contributed by atoms with Gasteiger partial charge in [-0.3, -0.25) is 10.1 Å². The maximum Gasteiger partial charge on any atom is 0.241 e. The van der Waals surface area contributed by atoms with Crippen LogP contribution in [0.5, 0.6) is 0 Å². The van der Waals surface area contributed by atoms with Gasteiger partial charge in [0.15, 0.2) is 0 Å². The summed E-state index contributed by atoms with van der Waals surface area (Å²) in [6.45, 7) is 5.56. The molecule has 0 bridgehead atoms. The minimum atomic E-state index is -0.109. The molecule has 0 radical (unpaired) electrons. The Balaban J connectivity index is 1.91. The van der Waals surface area contributed by atoms with Gasteiger partial charge in [0.1, 0.15) is 6.17 Å². The molecule has 0 spiro atoms. The van der Waals surface area contributed by atoms with E-state index in [1.54, 1.807) is 0 Å². The molecule has 2 aliphatic heterocycles. The fourth-order valence-electron chi connectivity index (χ4n) is 3.23. The first-order valence-corrected chi connectivity index (χ1v) is 7.40. The lowest BCUT2D eigenvalue weighted by Gasteiger charge is -2.35. The van der Waals surface area contributed by atoms with Crippen LogP contribution in [-0.2, 0) is 9.53 Å². The van der Waals surface area contributed by atoms with Crippen LogP contribution in [0.4, 0.5) is 0 Å². The van der Waals surface area contributed by atoms with Gasteiger partial charge in [-0.15, -0.1) is 0 Å². The van der Waals surface area contributed by atoms with Crippen molar-refractivity contribution in [1.29, 1.82) is 0 Å². The molecule has 1 aromatic rings. The molecule has 4 nitrogen and oxygen atoms in total. The topological polar surface area (TPSA) is 41.6 Å². The van der Waals surface area contributed by atoms with Crippen LogP contribution in [0, 0.1) is 6.92 Å². The van der Waals surface area contributed by atoms with Crippen LogP contribution < -0.4 is 5.32 Å². The lowest BCUT2D eigenvalue weighted by atomic mass is 10.0. The summed E-state index contributed by atoms with van der Waals surface area (Å²) in [4.78, 5) is 14.6. The van der Waals surface area contributed by atoms with Gasteiger partial charge in [-0.05, 0) is 37.8 Å². The highest BCUT2D eigenvalue weighted by molar-refractivity contribution is 5.84. The standard InChI is InChI=1S/C16H22N2O2/c1-11-5-3-4-6-14(11)15-17-12(2)16(19)18(15)13-7-9-20-10-8-13/h3-6,12-13,15,17H,7-10H2,1-2H3. The number of nitrogens with one attached hydrogen (secondary N) is 1. The number of nitrogens with zero attached hydrogens (tertiary/aromatic N) is 1. The molecule has 1 aromatic carbocycles. The summed E-state index contributed by atoms with van der Waals surface area (Å²) < 4.78 is 5.43. The third kappa shape index (κ3) is 2.34. The van der Waals surface area contributed by atoms with Crippen LogP contribution >= 0.6 is 0 Å². The molecule has 20 heavy (non-hydrogen) atoms. The molecular weight excluding hydrogens is 252 g/mol. The maximum absolute atomic E-state index is 12.5. The Kier molecular flexibility index (Phi) is 3.76. The molecule has 2 unspecified atom stereocenters. The molecule has 1 amide bonds. The van der Waals surface area contributed by atoms with Crippen LogP contribution in [0.3, 0.4) is 0 Å². The van der Waals surface area contributed by atoms with Gasteiger partial charge < -0.3 is 9.64 Å². The first-order valence-electron chi connectivity index (χ1n) is 7.40. The number of aryl methyl sites for hydroxylation is 1. The molecule has 2 aliphatic rings. The van der Waals surface area contributed by atoms with E-state index >= 15 is 0 Å². The number of carbonyl (C=O) groups excluding carboxylic acids is 1. The first kappa shape index (κ1) is 13.6. The van der Waals surface area contributed by atoms with Crippen LogP contribution in [0.25, 0.3) is 0 Å². The fourth-order valence-corrected chi connectivity index (χ4v) is 3.23. The lowest BCUT2D eigenvalue weighted by molar-refractivity contribution is -0.134. The minimum Gasteiger partial charge on any atom is -0.381 e. The molecule has 0 saturated carbocycles. The van der Waals surface area contributed by atoms with Gasteiger partial charge in [-0.1, -0.05) is 24.3 Å². The van der Waals surface area contributed by atoms with Gasteiger partial charge in [-0.2, -0.15) is 0 Å². The number of rotatable bonds is 2. The SMILES string of the molecule is Cc1ccccc1C1NC(C)C(=O)N1C1CCOCC1. The molecule has 4 heteroatoms. The van der Waals surface area contributed by atoms with Gasteiger partial charge in [-0.25, -0.2) is 0 Å². The smallest absolute Gasteiger partial charge is 0.241 e. The molecule has 0 aliphatic carbocycles. The van der Waals surface area contributed by atoms with Crippen molar-refractivity contribution in [1.82, 2.24) is 10.2 Å². The second kappa shape index (κ2) is 5.54. The Bertz CT molecular complexity index is 497. The predicted octanol–water partition coefficient (Wildman–Crippen LogP) is 1.99. The summed E-state index contributed by atoms with van der Waals surface area (Å²) in [5, 5.41) is 3.44. The van der Waals surface area contributed by atoms with Crippen molar-refractivity contribution >= 4 is 5.91 Å². The van der Waals surface area contributed by atoms with Crippen molar-refractivity contribution in [3.05, 3.63) is 35.4 Å². The summed E-state index contributed by atoms with van der Waals surface area (Å²) in [5.74, 6) is 0.213. The average molecular weight is 274 g/mol. The monoisotopic (exact) mass is 274 g/mol. The number of ether oxygens (including phenoxy) is 1. The van der Waals surface area contributed by atoms with E-state index in [-0.39, 0.29) is 18.1 Å². The summed E-state index contributed by atoms with van der Waals surface area (Å²) in [7, 11) is 0. The molecule has 1 N–H and O–H groups in total. The summed E-state index contributed by atoms with van der Waals surface area (Å²) in [5.41, 5.74) is 2.43. The highest BCUT2D eigenvalue weighted by Crippen LogP contribution is 2.32. The van der Waals surface area contributed by atoms with Gasteiger partial charge in [0, 0.05) is 19.3 Å². The molecule has 2 atom stereocenters. The minimum absolute atomic E-state index is 0.00167. The zero-order valence-corrected chi connectivity index (χ0v) is 12.1.